The number of aliphatic hydroxyl groups is 1. The van der Waals surface area contributed by atoms with Crippen LogP contribution in [0.15, 0.2) is 0 Å². The molecule has 3 atom stereocenters. The van der Waals surface area contributed by atoms with Crippen LogP contribution in [0, 0.1) is 28.6 Å². The first kappa shape index (κ1) is 39.3. The molecule has 0 aliphatic heterocycles. The molecule has 40 heavy (non-hydrogen) atoms. The van der Waals surface area contributed by atoms with Crippen molar-refractivity contribution in [1.29, 1.82) is 0 Å². The topological polar surface area (TPSA) is 74.2 Å². The zero-order valence-corrected chi connectivity index (χ0v) is 29.2. The van der Waals surface area contributed by atoms with Gasteiger partial charge in [0.25, 0.3) is 0 Å². The van der Waals surface area contributed by atoms with Crippen molar-refractivity contribution < 1.29 is 28.8 Å². The largest absolute Gasteiger partial charge is 0.463 e. The third-order valence-electron chi connectivity index (χ3n) is 9.64. The van der Waals surface area contributed by atoms with Crippen LogP contribution in [0.1, 0.15) is 136 Å². The third kappa shape index (κ3) is 13.1. The summed E-state index contributed by atoms with van der Waals surface area (Å²) in [6.45, 7) is 33.5. The summed E-state index contributed by atoms with van der Waals surface area (Å²) in [5, 5.41) is 9.49. The molecular formula is C34H68O6. The minimum atomic E-state index is -0.389. The molecule has 0 radical (unpaired) electrons. The van der Waals surface area contributed by atoms with Crippen molar-refractivity contribution in [2.45, 2.75) is 159 Å². The second-order valence-electron chi connectivity index (χ2n) is 15.4. The Morgan fingerprint density at radius 2 is 1.32 bits per heavy atom. The lowest BCUT2D eigenvalue weighted by Crippen LogP contribution is -2.48. The molecule has 0 spiro atoms. The van der Waals surface area contributed by atoms with Crippen LogP contribution in [0.4, 0.5) is 0 Å². The van der Waals surface area contributed by atoms with E-state index in [1.54, 1.807) is 0 Å². The predicted octanol–water partition coefficient (Wildman–Crippen LogP) is 8.23. The first-order chi connectivity index (χ1) is 18.0. The maximum absolute atomic E-state index is 12.7. The van der Waals surface area contributed by atoms with E-state index in [9.17, 15) is 9.90 Å². The van der Waals surface area contributed by atoms with Gasteiger partial charge in [0.15, 0.2) is 0 Å². The Labute approximate surface area is 248 Å². The molecule has 0 aromatic carbocycles. The fourth-order valence-electron chi connectivity index (χ4n) is 4.99. The maximum Gasteiger partial charge on any atom is 0.309 e. The van der Waals surface area contributed by atoms with Crippen LogP contribution >= 0.6 is 0 Å². The van der Waals surface area contributed by atoms with Gasteiger partial charge in [0.05, 0.1) is 42.0 Å². The number of aliphatic hydroxyl groups excluding tert-OH is 1. The van der Waals surface area contributed by atoms with Crippen molar-refractivity contribution in [2.75, 3.05) is 26.4 Å². The van der Waals surface area contributed by atoms with Gasteiger partial charge in [-0.2, -0.15) is 0 Å². The molecule has 0 saturated carbocycles. The van der Waals surface area contributed by atoms with Gasteiger partial charge in [-0.25, -0.2) is 0 Å². The van der Waals surface area contributed by atoms with Crippen LogP contribution < -0.4 is 0 Å². The molecule has 0 bridgehead atoms. The van der Waals surface area contributed by atoms with Crippen LogP contribution in [-0.2, 0) is 23.7 Å². The molecule has 0 saturated heterocycles. The highest BCUT2D eigenvalue weighted by molar-refractivity contribution is 5.72. The summed E-state index contributed by atoms with van der Waals surface area (Å²) in [5.74, 6) is 0.622. The molecule has 6 nitrogen and oxygen atoms in total. The minimum Gasteiger partial charge on any atom is -0.463 e. The Bertz CT molecular complexity index is 722. The van der Waals surface area contributed by atoms with Gasteiger partial charge in [0.2, 0.25) is 0 Å². The average Bonchev–Trinajstić information content (AvgIpc) is 2.78. The van der Waals surface area contributed by atoms with Crippen molar-refractivity contribution in [3.05, 3.63) is 0 Å². The van der Waals surface area contributed by atoms with Crippen LogP contribution in [0.25, 0.3) is 0 Å². The highest BCUT2D eigenvalue weighted by atomic mass is 16.6. The summed E-state index contributed by atoms with van der Waals surface area (Å²) in [4.78, 5) is 12.7. The number of ether oxygens (including phenoxy) is 4. The van der Waals surface area contributed by atoms with E-state index >= 15 is 0 Å². The molecule has 0 rings (SSSR count). The lowest BCUT2D eigenvalue weighted by atomic mass is 9.72. The van der Waals surface area contributed by atoms with Crippen molar-refractivity contribution in [3.63, 3.8) is 0 Å². The Hall–Kier alpha value is -0.690. The fraction of sp³-hybridized carbons (Fsp3) is 0.971. The van der Waals surface area contributed by atoms with Gasteiger partial charge in [-0.3, -0.25) is 4.79 Å². The Morgan fingerprint density at radius 1 is 0.750 bits per heavy atom. The number of carbonyl (C=O) groups excluding carboxylic acids is 1. The first-order valence-electron chi connectivity index (χ1n) is 15.8. The summed E-state index contributed by atoms with van der Waals surface area (Å²) in [7, 11) is 0. The van der Waals surface area contributed by atoms with Crippen LogP contribution in [-0.4, -0.2) is 60.4 Å². The van der Waals surface area contributed by atoms with Gasteiger partial charge in [-0.05, 0) is 96.8 Å². The fourth-order valence-corrected chi connectivity index (χ4v) is 4.99. The molecule has 0 aromatic heterocycles. The van der Waals surface area contributed by atoms with E-state index in [-0.39, 0.29) is 58.8 Å². The standard InChI is InChI=1S/C34H68O6/c1-16-26(4)28(23-25(2)3)29(36)37-21-22-38-32(10,11)18-20-39-33(12,13)31(8,9)24-27(5)40-34(14,15)30(6,7)17-19-35/h25-28,35H,16-24H2,1-15H3. The summed E-state index contributed by atoms with van der Waals surface area (Å²) in [6.07, 6.45) is 4.13. The molecule has 0 aliphatic carbocycles. The van der Waals surface area contributed by atoms with Gasteiger partial charge < -0.3 is 24.1 Å². The molecule has 0 aromatic rings. The van der Waals surface area contributed by atoms with E-state index in [1.807, 2.05) is 0 Å². The number of esters is 1. The SMILES string of the molecule is CCC(C)C(CC(C)C)C(=O)OCCOC(C)(C)CCOC(C)(C)C(C)(C)CC(C)OC(C)(C)C(C)(C)CCO. The first-order valence-corrected chi connectivity index (χ1v) is 15.8. The second kappa shape index (κ2) is 16.2. The van der Waals surface area contributed by atoms with Crippen molar-refractivity contribution in [2.24, 2.45) is 28.6 Å². The normalized spacial score (nSPS) is 16.2. The summed E-state index contributed by atoms with van der Waals surface area (Å²) in [6, 6.07) is 0. The van der Waals surface area contributed by atoms with Gasteiger partial charge in [0, 0.05) is 6.61 Å². The predicted molar refractivity (Wildman–Crippen MR) is 167 cm³/mol. The smallest absolute Gasteiger partial charge is 0.309 e. The monoisotopic (exact) mass is 573 g/mol. The average molecular weight is 573 g/mol. The van der Waals surface area contributed by atoms with Gasteiger partial charge in [-0.1, -0.05) is 61.8 Å². The van der Waals surface area contributed by atoms with Gasteiger partial charge in [0.1, 0.15) is 6.61 Å². The number of hydrogen-bond acceptors (Lipinski definition) is 6. The molecule has 0 amide bonds. The molecule has 3 unspecified atom stereocenters. The van der Waals surface area contributed by atoms with Crippen LogP contribution in [0.3, 0.4) is 0 Å². The molecule has 0 heterocycles. The van der Waals surface area contributed by atoms with Crippen LogP contribution in [0.5, 0.6) is 0 Å². The lowest BCUT2D eigenvalue weighted by molar-refractivity contribution is -0.168. The van der Waals surface area contributed by atoms with Crippen molar-refractivity contribution >= 4 is 5.97 Å². The van der Waals surface area contributed by atoms with E-state index < -0.39 is 0 Å². The Balaban J connectivity index is 4.80. The van der Waals surface area contributed by atoms with E-state index in [0.717, 1.165) is 25.7 Å². The van der Waals surface area contributed by atoms with E-state index in [4.69, 9.17) is 18.9 Å². The molecule has 6 heteroatoms. The minimum absolute atomic E-state index is 0.0359. The molecular weight excluding hydrogens is 504 g/mol. The highest BCUT2D eigenvalue weighted by Gasteiger charge is 2.43. The molecule has 240 valence electrons. The van der Waals surface area contributed by atoms with Crippen molar-refractivity contribution in [1.82, 2.24) is 0 Å². The van der Waals surface area contributed by atoms with Crippen molar-refractivity contribution in [3.8, 4) is 0 Å². The Morgan fingerprint density at radius 3 is 1.82 bits per heavy atom. The highest BCUT2D eigenvalue weighted by Crippen LogP contribution is 2.42. The number of rotatable bonds is 21. The van der Waals surface area contributed by atoms with Gasteiger partial charge in [-0.15, -0.1) is 0 Å². The molecule has 0 aliphatic rings. The van der Waals surface area contributed by atoms with Gasteiger partial charge >= 0.3 is 5.97 Å². The zero-order chi connectivity index (χ0) is 31.6. The number of hydrogen-bond donors (Lipinski definition) is 1. The summed E-state index contributed by atoms with van der Waals surface area (Å²) < 4.78 is 24.7. The zero-order valence-electron chi connectivity index (χ0n) is 29.2. The van der Waals surface area contributed by atoms with E-state index in [1.165, 1.54) is 0 Å². The summed E-state index contributed by atoms with van der Waals surface area (Å²) >= 11 is 0. The van der Waals surface area contributed by atoms with E-state index in [2.05, 4.69) is 104 Å². The lowest BCUT2D eigenvalue weighted by Gasteiger charge is -2.47. The second-order valence-corrected chi connectivity index (χ2v) is 15.4. The van der Waals surface area contributed by atoms with Crippen LogP contribution in [0.2, 0.25) is 0 Å². The summed E-state index contributed by atoms with van der Waals surface area (Å²) in [5.41, 5.74) is -1.40. The Kier molecular flexibility index (Phi) is 16.0. The number of carbonyl (C=O) groups is 1. The quantitative estimate of drug-likeness (QED) is 0.110. The molecule has 1 N–H and O–H groups in total. The maximum atomic E-state index is 12.7. The third-order valence-corrected chi connectivity index (χ3v) is 9.64. The molecule has 0 fully saturated rings. The van der Waals surface area contributed by atoms with E-state index in [0.29, 0.717) is 31.5 Å².